The monoisotopic (exact) mass is 236 g/mol. The summed E-state index contributed by atoms with van der Waals surface area (Å²) in [5, 5.41) is 12.8. The zero-order valence-corrected chi connectivity index (χ0v) is 9.16. The van der Waals surface area contributed by atoms with Crippen LogP contribution in [0.3, 0.4) is 0 Å². The number of H-pyrrole nitrogens is 1. The number of nitrogens with one attached hydrogen (secondary N) is 2. The molecule has 0 spiro atoms. The Morgan fingerprint density at radius 1 is 1.47 bits per heavy atom. The van der Waals surface area contributed by atoms with E-state index in [1.54, 1.807) is 18.2 Å². The molecule has 0 unspecified atom stereocenters. The molecule has 1 aromatic carbocycles. The first-order valence-electron chi connectivity index (χ1n) is 5.32. The Hall–Kier alpha value is -2.04. The van der Waals surface area contributed by atoms with Crippen molar-refractivity contribution in [3.8, 4) is 5.75 Å². The number of benzene rings is 1. The number of aromatic hydroxyl groups is 1. The van der Waals surface area contributed by atoms with Gasteiger partial charge in [-0.1, -0.05) is 0 Å². The second-order valence-corrected chi connectivity index (χ2v) is 3.78. The first-order chi connectivity index (χ1) is 8.20. The molecule has 0 aliphatic rings. The number of rotatable bonds is 4. The zero-order valence-electron chi connectivity index (χ0n) is 9.16. The fourth-order valence-electron chi connectivity index (χ4n) is 1.76. The Bertz CT molecular complexity index is 536. The van der Waals surface area contributed by atoms with E-state index in [0.29, 0.717) is 13.0 Å². The number of carbonyl (C=O) groups excluding carboxylic acids is 1. The van der Waals surface area contributed by atoms with E-state index in [-0.39, 0.29) is 5.75 Å². The lowest BCUT2D eigenvalue weighted by atomic mass is 10.1. The maximum absolute atomic E-state index is 11.9. The molecule has 17 heavy (non-hydrogen) atoms. The summed E-state index contributed by atoms with van der Waals surface area (Å²) in [7, 11) is 0. The van der Waals surface area contributed by atoms with Crippen molar-refractivity contribution in [3.63, 3.8) is 0 Å². The van der Waals surface area contributed by atoms with Gasteiger partial charge in [-0.25, -0.2) is 4.39 Å². The number of phenols is 1. The molecule has 0 bridgehead atoms. The van der Waals surface area contributed by atoms with Gasteiger partial charge < -0.3 is 15.4 Å². The van der Waals surface area contributed by atoms with Gasteiger partial charge in [-0.05, 0) is 30.2 Å². The lowest BCUT2D eigenvalue weighted by Crippen LogP contribution is -2.26. The minimum Gasteiger partial charge on any atom is -0.508 e. The summed E-state index contributed by atoms with van der Waals surface area (Å²) in [6, 6.07) is 5.06. The second-order valence-electron chi connectivity index (χ2n) is 3.78. The molecule has 0 saturated heterocycles. The first-order valence-corrected chi connectivity index (χ1v) is 5.32. The smallest absolute Gasteiger partial charge is 0.251 e. The number of aromatic nitrogens is 1. The minimum absolute atomic E-state index is 0.200. The molecule has 90 valence electrons. The summed E-state index contributed by atoms with van der Waals surface area (Å²) in [5.74, 6) is -0.404. The highest BCUT2D eigenvalue weighted by Crippen LogP contribution is 2.22. The summed E-state index contributed by atoms with van der Waals surface area (Å²) in [6.45, 7) is -0.611. The third-order valence-electron chi connectivity index (χ3n) is 2.59. The molecule has 1 aromatic heterocycles. The van der Waals surface area contributed by atoms with Gasteiger partial charge in [0.1, 0.15) is 5.75 Å². The molecule has 0 aliphatic carbocycles. The van der Waals surface area contributed by atoms with E-state index in [4.69, 9.17) is 0 Å². The maximum atomic E-state index is 11.9. The molecule has 1 heterocycles. The highest BCUT2D eigenvalue weighted by atomic mass is 19.1. The molecular formula is C12H13FN2O2. The van der Waals surface area contributed by atoms with E-state index in [0.717, 1.165) is 16.5 Å². The van der Waals surface area contributed by atoms with E-state index in [9.17, 15) is 14.3 Å². The second kappa shape index (κ2) is 4.86. The van der Waals surface area contributed by atoms with Crippen LogP contribution in [-0.2, 0) is 11.2 Å². The van der Waals surface area contributed by atoms with Gasteiger partial charge in [0.25, 0.3) is 5.91 Å². The van der Waals surface area contributed by atoms with Crippen LogP contribution >= 0.6 is 0 Å². The van der Waals surface area contributed by atoms with Crippen LogP contribution in [0.2, 0.25) is 0 Å². The largest absolute Gasteiger partial charge is 0.508 e. The van der Waals surface area contributed by atoms with E-state index >= 15 is 0 Å². The normalized spacial score (nSPS) is 10.6. The van der Waals surface area contributed by atoms with Crippen LogP contribution in [0.25, 0.3) is 10.9 Å². The number of carbonyl (C=O) groups is 1. The van der Waals surface area contributed by atoms with Crippen molar-refractivity contribution in [1.82, 2.24) is 10.3 Å². The molecule has 2 rings (SSSR count). The topological polar surface area (TPSA) is 65.1 Å². The number of halogens is 1. The van der Waals surface area contributed by atoms with Crippen LogP contribution in [-0.4, -0.2) is 29.2 Å². The van der Waals surface area contributed by atoms with Crippen LogP contribution in [0.4, 0.5) is 4.39 Å². The third kappa shape index (κ3) is 2.55. The fraction of sp³-hybridized carbons (Fsp3) is 0.250. The molecule has 0 atom stereocenters. The number of fused-ring (bicyclic) bond motifs is 1. The van der Waals surface area contributed by atoms with Gasteiger partial charge in [0, 0.05) is 23.6 Å². The minimum atomic E-state index is -0.991. The molecule has 0 aliphatic heterocycles. The van der Waals surface area contributed by atoms with E-state index in [1.165, 1.54) is 0 Å². The van der Waals surface area contributed by atoms with Gasteiger partial charge >= 0.3 is 0 Å². The quantitative estimate of drug-likeness (QED) is 0.753. The Kier molecular flexibility index (Phi) is 3.27. The van der Waals surface area contributed by atoms with Gasteiger partial charge in [0.15, 0.2) is 6.67 Å². The van der Waals surface area contributed by atoms with Crippen molar-refractivity contribution in [1.29, 1.82) is 0 Å². The van der Waals surface area contributed by atoms with Gasteiger partial charge in [-0.15, -0.1) is 0 Å². The number of hydrogen-bond donors (Lipinski definition) is 3. The third-order valence-corrected chi connectivity index (χ3v) is 2.59. The standard InChI is InChI=1S/C12H13FN2O2/c13-6-12(17)14-4-3-8-7-15-11-2-1-9(16)5-10(8)11/h1-2,5,7,15-16H,3-4,6H2,(H,14,17). The SMILES string of the molecule is O=C(CF)NCCc1c[nH]c2ccc(O)cc12. The van der Waals surface area contributed by atoms with Gasteiger partial charge in [-0.2, -0.15) is 0 Å². The summed E-state index contributed by atoms with van der Waals surface area (Å²) in [5.41, 5.74) is 1.91. The van der Waals surface area contributed by atoms with Crippen molar-refractivity contribution >= 4 is 16.8 Å². The van der Waals surface area contributed by atoms with Gasteiger partial charge in [0.2, 0.25) is 0 Å². The van der Waals surface area contributed by atoms with Crippen LogP contribution in [0.1, 0.15) is 5.56 Å². The molecule has 0 radical (unpaired) electrons. The van der Waals surface area contributed by atoms with Crippen LogP contribution in [0.5, 0.6) is 5.75 Å². The molecule has 1 amide bonds. The molecule has 2 aromatic rings. The van der Waals surface area contributed by atoms with E-state index < -0.39 is 12.6 Å². The lowest BCUT2D eigenvalue weighted by Gasteiger charge is -2.02. The highest BCUT2D eigenvalue weighted by molar-refractivity contribution is 5.84. The molecule has 4 nitrogen and oxygen atoms in total. The first kappa shape index (κ1) is 11.4. The molecule has 0 fully saturated rings. The fourth-order valence-corrected chi connectivity index (χ4v) is 1.76. The molecule has 3 N–H and O–H groups in total. The predicted molar refractivity (Wildman–Crippen MR) is 62.7 cm³/mol. The van der Waals surface area contributed by atoms with Gasteiger partial charge in [0.05, 0.1) is 0 Å². The number of alkyl halides is 1. The summed E-state index contributed by atoms with van der Waals surface area (Å²) in [6.07, 6.45) is 2.42. The van der Waals surface area contributed by atoms with Gasteiger partial charge in [-0.3, -0.25) is 4.79 Å². The number of phenolic OH excluding ortho intramolecular Hbond substituents is 1. The zero-order chi connectivity index (χ0) is 12.3. The molecule has 0 saturated carbocycles. The maximum Gasteiger partial charge on any atom is 0.251 e. The van der Waals surface area contributed by atoms with Crippen molar-refractivity contribution in [3.05, 3.63) is 30.0 Å². The Morgan fingerprint density at radius 2 is 2.29 bits per heavy atom. The van der Waals surface area contributed by atoms with Crippen molar-refractivity contribution < 1.29 is 14.3 Å². The van der Waals surface area contributed by atoms with E-state index in [1.807, 2.05) is 6.20 Å². The summed E-state index contributed by atoms with van der Waals surface area (Å²) in [4.78, 5) is 13.8. The van der Waals surface area contributed by atoms with Crippen LogP contribution in [0, 0.1) is 0 Å². The highest BCUT2D eigenvalue weighted by Gasteiger charge is 2.05. The summed E-state index contributed by atoms with van der Waals surface area (Å²) >= 11 is 0. The lowest BCUT2D eigenvalue weighted by molar-refractivity contribution is -0.121. The van der Waals surface area contributed by atoms with Crippen molar-refractivity contribution in [2.75, 3.05) is 13.2 Å². The predicted octanol–water partition coefficient (Wildman–Crippen LogP) is 1.50. The number of aromatic amines is 1. The Labute approximate surface area is 97.5 Å². The van der Waals surface area contributed by atoms with Crippen molar-refractivity contribution in [2.45, 2.75) is 6.42 Å². The number of amides is 1. The molecule has 5 heteroatoms. The van der Waals surface area contributed by atoms with Crippen molar-refractivity contribution in [2.24, 2.45) is 0 Å². The summed E-state index contributed by atoms with van der Waals surface area (Å²) < 4.78 is 11.9. The van der Waals surface area contributed by atoms with Crippen LogP contribution in [0.15, 0.2) is 24.4 Å². The molecular weight excluding hydrogens is 223 g/mol. The van der Waals surface area contributed by atoms with Crippen LogP contribution < -0.4 is 5.32 Å². The number of hydrogen-bond acceptors (Lipinski definition) is 2. The average molecular weight is 236 g/mol. The Morgan fingerprint density at radius 3 is 3.06 bits per heavy atom. The van der Waals surface area contributed by atoms with E-state index in [2.05, 4.69) is 10.3 Å². The Balaban J connectivity index is 2.08. The average Bonchev–Trinajstić information content (AvgIpc) is 2.72.